The lowest BCUT2D eigenvalue weighted by atomic mass is 10.0. The summed E-state index contributed by atoms with van der Waals surface area (Å²) in [4.78, 5) is 13.5. The van der Waals surface area contributed by atoms with Gasteiger partial charge in [-0.2, -0.15) is 0 Å². The molecule has 0 radical (unpaired) electrons. The van der Waals surface area contributed by atoms with E-state index in [1.807, 2.05) is 6.07 Å². The maximum atomic E-state index is 11.2. The first kappa shape index (κ1) is 20.3. The minimum atomic E-state index is -0.538. The third kappa shape index (κ3) is 4.87. The molecule has 148 valence electrons. The number of fused-ring (bicyclic) bond motifs is 1. The highest BCUT2D eigenvalue weighted by Crippen LogP contribution is 2.36. The molecule has 1 aliphatic carbocycles. The molecule has 5 nitrogen and oxygen atoms in total. The number of amides is 1. The largest absolute Gasteiger partial charge is 0.395 e. The fraction of sp³-hybridized carbons (Fsp3) is 0.348. The lowest BCUT2D eigenvalue weighted by Gasteiger charge is -2.29. The lowest BCUT2D eigenvalue weighted by molar-refractivity contribution is -0.124. The fourth-order valence-electron chi connectivity index (χ4n) is 4.01. The number of hydrogen-bond acceptors (Lipinski definition) is 4. The Morgan fingerprint density at radius 2 is 2.07 bits per heavy atom. The number of rotatable bonds is 8. The molecule has 0 aliphatic heterocycles. The summed E-state index contributed by atoms with van der Waals surface area (Å²) in [5.41, 5.74) is 7.80. The number of aliphatic hydroxyl groups is 1. The summed E-state index contributed by atoms with van der Waals surface area (Å²) in [6.45, 7) is 3.86. The number of nitrogens with one attached hydrogen (secondary N) is 1. The third-order valence-corrected chi connectivity index (χ3v) is 5.51. The normalized spacial score (nSPS) is 15.9. The van der Waals surface area contributed by atoms with Crippen molar-refractivity contribution in [2.75, 3.05) is 19.7 Å². The number of nitrogens with zero attached hydrogens (tertiary/aromatic N) is 1. The highest BCUT2D eigenvalue weighted by Gasteiger charge is 2.27. The van der Waals surface area contributed by atoms with E-state index in [2.05, 4.69) is 48.2 Å². The van der Waals surface area contributed by atoms with Crippen molar-refractivity contribution in [2.45, 2.75) is 32.2 Å². The van der Waals surface area contributed by atoms with Crippen LogP contribution in [0.25, 0.3) is 6.08 Å². The Morgan fingerprint density at radius 1 is 1.25 bits per heavy atom. The standard InChI is InChI=1S/C23H28N2O3/c1-17-4-2-3-5-19(17)12-13-25(14-15-26)22-10-8-20-16-18(6-9-21(20)22)7-11-23(27)24-28/h2-7,9,11,16,22,26,28H,8,10,12-15H2,1H3,(H,24,27)/b11-7+/t22-/m0/s1. The topological polar surface area (TPSA) is 72.8 Å². The molecule has 1 atom stereocenters. The van der Waals surface area contributed by atoms with E-state index in [9.17, 15) is 9.90 Å². The first-order chi connectivity index (χ1) is 13.6. The van der Waals surface area contributed by atoms with Crippen molar-refractivity contribution in [3.63, 3.8) is 0 Å². The van der Waals surface area contributed by atoms with Crippen LogP contribution < -0.4 is 5.48 Å². The molecule has 3 rings (SSSR count). The van der Waals surface area contributed by atoms with E-state index in [1.54, 1.807) is 11.6 Å². The van der Waals surface area contributed by atoms with Gasteiger partial charge in [0.1, 0.15) is 0 Å². The number of aryl methyl sites for hydroxylation is 2. The fourth-order valence-corrected chi connectivity index (χ4v) is 4.01. The van der Waals surface area contributed by atoms with Crippen molar-refractivity contribution in [3.05, 3.63) is 76.4 Å². The molecular weight excluding hydrogens is 352 g/mol. The number of carbonyl (C=O) groups excluding carboxylic acids is 1. The van der Waals surface area contributed by atoms with Crippen LogP contribution in [0.1, 0.15) is 40.3 Å². The number of hydroxylamine groups is 1. The summed E-state index contributed by atoms with van der Waals surface area (Å²) in [6, 6.07) is 15.0. The van der Waals surface area contributed by atoms with E-state index >= 15 is 0 Å². The second kappa shape index (κ2) is 9.64. The van der Waals surface area contributed by atoms with Crippen LogP contribution in [-0.4, -0.2) is 40.8 Å². The molecule has 2 aromatic rings. The van der Waals surface area contributed by atoms with E-state index in [0.717, 1.165) is 31.4 Å². The van der Waals surface area contributed by atoms with Gasteiger partial charge < -0.3 is 5.11 Å². The summed E-state index contributed by atoms with van der Waals surface area (Å²) in [5.74, 6) is -0.538. The SMILES string of the molecule is Cc1ccccc1CCN(CCO)[C@H]1CCc2cc(/C=C/C(=O)NO)ccc21. The Morgan fingerprint density at radius 3 is 2.82 bits per heavy atom. The van der Waals surface area contributed by atoms with Gasteiger partial charge in [-0.3, -0.25) is 14.9 Å². The second-order valence-electron chi connectivity index (χ2n) is 7.26. The number of benzene rings is 2. The Balaban J connectivity index is 1.73. The van der Waals surface area contributed by atoms with Gasteiger partial charge in [0.2, 0.25) is 0 Å². The lowest BCUT2D eigenvalue weighted by Crippen LogP contribution is -2.32. The van der Waals surface area contributed by atoms with Gasteiger partial charge in [0, 0.05) is 25.2 Å². The summed E-state index contributed by atoms with van der Waals surface area (Å²) in [5, 5.41) is 18.2. The van der Waals surface area contributed by atoms with Gasteiger partial charge >= 0.3 is 0 Å². The number of hydrogen-bond donors (Lipinski definition) is 3. The highest BCUT2D eigenvalue weighted by atomic mass is 16.5. The van der Waals surface area contributed by atoms with Gasteiger partial charge in [-0.25, -0.2) is 5.48 Å². The van der Waals surface area contributed by atoms with Gasteiger partial charge in [0.25, 0.3) is 5.91 Å². The molecule has 0 spiro atoms. The first-order valence-corrected chi connectivity index (χ1v) is 9.76. The quantitative estimate of drug-likeness (QED) is 0.374. The summed E-state index contributed by atoms with van der Waals surface area (Å²) >= 11 is 0. The highest BCUT2D eigenvalue weighted by molar-refractivity contribution is 5.90. The van der Waals surface area contributed by atoms with Crippen molar-refractivity contribution in [1.29, 1.82) is 0 Å². The van der Waals surface area contributed by atoms with E-state index in [0.29, 0.717) is 12.6 Å². The molecule has 5 heteroatoms. The Kier molecular flexibility index (Phi) is 6.98. The van der Waals surface area contributed by atoms with Gasteiger partial charge in [0.05, 0.1) is 6.61 Å². The van der Waals surface area contributed by atoms with E-state index < -0.39 is 5.91 Å². The van der Waals surface area contributed by atoms with Crippen LogP contribution >= 0.6 is 0 Å². The molecule has 0 heterocycles. The first-order valence-electron chi connectivity index (χ1n) is 9.76. The summed E-state index contributed by atoms with van der Waals surface area (Å²) < 4.78 is 0. The minimum absolute atomic E-state index is 0.150. The average Bonchev–Trinajstić information content (AvgIpc) is 3.13. The maximum absolute atomic E-state index is 11.2. The summed E-state index contributed by atoms with van der Waals surface area (Å²) in [6.07, 6.45) is 6.00. The minimum Gasteiger partial charge on any atom is -0.395 e. The zero-order valence-electron chi connectivity index (χ0n) is 16.3. The average molecular weight is 380 g/mol. The van der Waals surface area contributed by atoms with Crippen molar-refractivity contribution >= 4 is 12.0 Å². The zero-order valence-corrected chi connectivity index (χ0v) is 16.3. The van der Waals surface area contributed by atoms with Gasteiger partial charge in [0.15, 0.2) is 0 Å². The Hall–Kier alpha value is -2.47. The molecule has 2 aromatic carbocycles. The number of aliphatic hydroxyl groups excluding tert-OH is 1. The van der Waals surface area contributed by atoms with Crippen LogP contribution in [0.5, 0.6) is 0 Å². The Labute approximate surface area is 166 Å². The molecule has 3 N–H and O–H groups in total. The van der Waals surface area contributed by atoms with Crippen molar-refractivity contribution in [1.82, 2.24) is 10.4 Å². The number of carbonyl (C=O) groups is 1. The zero-order chi connectivity index (χ0) is 19.9. The molecular formula is C23H28N2O3. The van der Waals surface area contributed by atoms with Crippen LogP contribution in [0.2, 0.25) is 0 Å². The smallest absolute Gasteiger partial charge is 0.267 e. The maximum Gasteiger partial charge on any atom is 0.267 e. The van der Waals surface area contributed by atoms with Crippen molar-refractivity contribution < 1.29 is 15.1 Å². The van der Waals surface area contributed by atoms with Crippen LogP contribution in [0, 0.1) is 6.92 Å². The van der Waals surface area contributed by atoms with Crippen LogP contribution in [0.15, 0.2) is 48.5 Å². The van der Waals surface area contributed by atoms with Crippen LogP contribution in [-0.2, 0) is 17.6 Å². The summed E-state index contributed by atoms with van der Waals surface area (Å²) in [7, 11) is 0. The molecule has 0 aromatic heterocycles. The molecule has 28 heavy (non-hydrogen) atoms. The van der Waals surface area contributed by atoms with Gasteiger partial charge in [-0.15, -0.1) is 0 Å². The van der Waals surface area contributed by atoms with Crippen molar-refractivity contribution in [3.8, 4) is 0 Å². The van der Waals surface area contributed by atoms with Gasteiger partial charge in [-0.1, -0.05) is 42.5 Å². The monoisotopic (exact) mass is 380 g/mol. The molecule has 0 fully saturated rings. The molecule has 0 bridgehead atoms. The predicted octanol–water partition coefficient (Wildman–Crippen LogP) is 3.04. The molecule has 0 saturated carbocycles. The molecule has 1 amide bonds. The van der Waals surface area contributed by atoms with Crippen LogP contribution in [0.4, 0.5) is 0 Å². The van der Waals surface area contributed by atoms with E-state index in [4.69, 9.17) is 5.21 Å². The van der Waals surface area contributed by atoms with E-state index in [1.165, 1.54) is 28.3 Å². The second-order valence-corrected chi connectivity index (χ2v) is 7.26. The predicted molar refractivity (Wildman–Crippen MR) is 110 cm³/mol. The van der Waals surface area contributed by atoms with Gasteiger partial charge in [-0.05, 0) is 60.1 Å². The Bertz CT molecular complexity index is 847. The van der Waals surface area contributed by atoms with Crippen LogP contribution in [0.3, 0.4) is 0 Å². The van der Waals surface area contributed by atoms with Crippen molar-refractivity contribution in [2.24, 2.45) is 0 Å². The molecule has 0 unspecified atom stereocenters. The van der Waals surface area contributed by atoms with E-state index in [-0.39, 0.29) is 6.61 Å². The molecule has 0 saturated heterocycles. The third-order valence-electron chi connectivity index (χ3n) is 5.51. The molecule has 1 aliphatic rings.